The Bertz CT molecular complexity index is 389. The van der Waals surface area contributed by atoms with Crippen molar-refractivity contribution >= 4 is 23.4 Å². The third-order valence-electron chi connectivity index (χ3n) is 1.81. The van der Waals surface area contributed by atoms with Gasteiger partial charge in [-0.2, -0.15) is 0 Å². The van der Waals surface area contributed by atoms with Crippen molar-refractivity contribution in [2.45, 2.75) is 12.5 Å². The largest absolute Gasteiger partial charge is 0.479 e. The summed E-state index contributed by atoms with van der Waals surface area (Å²) in [6.07, 6.45) is -2.12. The first-order valence-electron chi connectivity index (χ1n) is 4.20. The Morgan fingerprint density at radius 3 is 2.60 bits per heavy atom. The molecule has 0 aromatic heterocycles. The summed E-state index contributed by atoms with van der Waals surface area (Å²) < 4.78 is 0. The summed E-state index contributed by atoms with van der Waals surface area (Å²) in [5, 5.41) is 17.8. The predicted molar refractivity (Wildman–Crippen MR) is 54.0 cm³/mol. The van der Waals surface area contributed by atoms with E-state index in [2.05, 4.69) is 0 Å². The third kappa shape index (κ3) is 3.34. The molecule has 0 saturated heterocycles. The summed E-state index contributed by atoms with van der Waals surface area (Å²) in [4.78, 5) is 21.7. The number of rotatable bonds is 4. The van der Waals surface area contributed by atoms with Crippen LogP contribution in [0.3, 0.4) is 0 Å². The zero-order valence-electron chi connectivity index (χ0n) is 7.68. The van der Waals surface area contributed by atoms with Crippen LogP contribution in [-0.4, -0.2) is 28.1 Å². The number of halogens is 1. The fourth-order valence-electron chi connectivity index (χ4n) is 1.04. The highest BCUT2D eigenvalue weighted by molar-refractivity contribution is 6.31. The van der Waals surface area contributed by atoms with Crippen LogP contribution in [0.25, 0.3) is 0 Å². The van der Waals surface area contributed by atoms with Crippen LogP contribution in [0.2, 0.25) is 5.02 Å². The van der Waals surface area contributed by atoms with Gasteiger partial charge in [-0.3, -0.25) is 4.79 Å². The van der Waals surface area contributed by atoms with Crippen LogP contribution in [0.1, 0.15) is 16.8 Å². The smallest absolute Gasteiger partial charge is 0.332 e. The molecule has 15 heavy (non-hydrogen) atoms. The molecule has 0 radical (unpaired) electrons. The number of Topliss-reactive ketones (excluding diaryl/α,β-unsaturated/α-hetero) is 1. The van der Waals surface area contributed by atoms with Gasteiger partial charge in [-0.1, -0.05) is 23.7 Å². The lowest BCUT2D eigenvalue weighted by Gasteiger charge is -2.04. The number of ketones is 1. The van der Waals surface area contributed by atoms with Gasteiger partial charge in [0.15, 0.2) is 11.9 Å². The van der Waals surface area contributed by atoms with Gasteiger partial charge in [-0.15, -0.1) is 0 Å². The van der Waals surface area contributed by atoms with Crippen molar-refractivity contribution < 1.29 is 19.8 Å². The van der Waals surface area contributed by atoms with Crippen LogP contribution in [0, 0.1) is 0 Å². The van der Waals surface area contributed by atoms with Crippen LogP contribution in [-0.2, 0) is 4.79 Å². The monoisotopic (exact) mass is 228 g/mol. The molecule has 0 fully saturated rings. The number of carbonyl (C=O) groups excluding carboxylic acids is 1. The Labute approximate surface area is 91.1 Å². The van der Waals surface area contributed by atoms with Crippen molar-refractivity contribution in [3.63, 3.8) is 0 Å². The lowest BCUT2D eigenvalue weighted by Crippen LogP contribution is -2.23. The van der Waals surface area contributed by atoms with Gasteiger partial charge in [0.25, 0.3) is 0 Å². The Hall–Kier alpha value is -1.39. The topological polar surface area (TPSA) is 74.6 Å². The molecule has 1 aromatic carbocycles. The minimum absolute atomic E-state index is 0.294. The van der Waals surface area contributed by atoms with Gasteiger partial charge in [0, 0.05) is 17.0 Å². The van der Waals surface area contributed by atoms with Crippen molar-refractivity contribution in [1.82, 2.24) is 0 Å². The molecular formula is C10H9ClO4. The summed E-state index contributed by atoms with van der Waals surface area (Å²) in [6, 6.07) is 6.13. The van der Waals surface area contributed by atoms with E-state index in [4.69, 9.17) is 21.8 Å². The highest BCUT2D eigenvalue weighted by atomic mass is 35.5. The average Bonchev–Trinajstić information content (AvgIpc) is 2.17. The summed E-state index contributed by atoms with van der Waals surface area (Å²) in [7, 11) is 0. The molecule has 0 aliphatic rings. The van der Waals surface area contributed by atoms with Crippen LogP contribution < -0.4 is 0 Å². The van der Waals surface area contributed by atoms with Crippen LogP contribution in [0.15, 0.2) is 24.3 Å². The number of carboxylic acids is 1. The van der Waals surface area contributed by atoms with Gasteiger partial charge < -0.3 is 10.2 Å². The Morgan fingerprint density at radius 2 is 2.07 bits per heavy atom. The van der Waals surface area contributed by atoms with Crippen molar-refractivity contribution in [2.24, 2.45) is 0 Å². The van der Waals surface area contributed by atoms with Gasteiger partial charge in [0.05, 0.1) is 0 Å². The maximum atomic E-state index is 11.4. The fourth-order valence-corrected chi connectivity index (χ4v) is 1.23. The van der Waals surface area contributed by atoms with E-state index in [-0.39, 0.29) is 0 Å². The molecule has 0 bridgehead atoms. The van der Waals surface area contributed by atoms with Gasteiger partial charge in [0.2, 0.25) is 0 Å². The molecule has 4 nitrogen and oxygen atoms in total. The number of aliphatic hydroxyl groups is 1. The maximum Gasteiger partial charge on any atom is 0.332 e. The first-order chi connectivity index (χ1) is 7.00. The molecule has 80 valence electrons. The van der Waals surface area contributed by atoms with Crippen LogP contribution in [0.4, 0.5) is 0 Å². The third-order valence-corrected chi connectivity index (χ3v) is 2.05. The molecule has 2 N–H and O–H groups in total. The SMILES string of the molecule is O=C(C[C@H](O)C(=O)O)c1cccc(Cl)c1. The first-order valence-corrected chi connectivity index (χ1v) is 4.58. The number of aliphatic hydroxyl groups excluding tert-OH is 1. The van der Waals surface area contributed by atoms with E-state index in [9.17, 15) is 9.59 Å². The number of hydrogen-bond acceptors (Lipinski definition) is 3. The van der Waals surface area contributed by atoms with Gasteiger partial charge >= 0.3 is 5.97 Å². The fraction of sp³-hybridized carbons (Fsp3) is 0.200. The van der Waals surface area contributed by atoms with Gasteiger partial charge in [0.1, 0.15) is 0 Å². The minimum Gasteiger partial charge on any atom is -0.479 e. The molecule has 1 atom stereocenters. The number of benzene rings is 1. The van der Waals surface area contributed by atoms with Gasteiger partial charge in [-0.25, -0.2) is 4.79 Å². The molecule has 0 unspecified atom stereocenters. The van der Waals surface area contributed by atoms with E-state index in [0.29, 0.717) is 10.6 Å². The molecule has 0 heterocycles. The maximum absolute atomic E-state index is 11.4. The lowest BCUT2D eigenvalue weighted by molar-refractivity contribution is -0.146. The molecule has 0 amide bonds. The molecule has 5 heteroatoms. The molecule has 0 saturated carbocycles. The molecule has 1 rings (SSSR count). The Morgan fingerprint density at radius 1 is 1.40 bits per heavy atom. The molecule has 0 aliphatic heterocycles. The second-order valence-corrected chi connectivity index (χ2v) is 3.43. The molecular weight excluding hydrogens is 220 g/mol. The first kappa shape index (κ1) is 11.7. The predicted octanol–water partition coefficient (Wildman–Crippen LogP) is 1.36. The van der Waals surface area contributed by atoms with E-state index in [1.54, 1.807) is 12.1 Å². The van der Waals surface area contributed by atoms with Crippen LogP contribution >= 0.6 is 11.6 Å². The summed E-state index contributed by atoms with van der Waals surface area (Å²) in [5.41, 5.74) is 0.294. The van der Waals surface area contributed by atoms with E-state index in [0.717, 1.165) is 0 Å². The van der Waals surface area contributed by atoms with Crippen molar-refractivity contribution in [3.05, 3.63) is 34.9 Å². The summed E-state index contributed by atoms with van der Waals surface area (Å²) >= 11 is 5.66. The van der Waals surface area contributed by atoms with E-state index >= 15 is 0 Å². The average molecular weight is 229 g/mol. The zero-order chi connectivity index (χ0) is 11.4. The van der Waals surface area contributed by atoms with Crippen molar-refractivity contribution in [3.8, 4) is 0 Å². The zero-order valence-corrected chi connectivity index (χ0v) is 8.44. The second kappa shape index (κ2) is 4.91. The van der Waals surface area contributed by atoms with Crippen LogP contribution in [0.5, 0.6) is 0 Å². The Kier molecular flexibility index (Phi) is 3.82. The molecule has 1 aromatic rings. The number of carboxylic acid groups (broad SMARTS) is 1. The Balaban J connectivity index is 2.73. The van der Waals surface area contributed by atoms with E-state index in [1.165, 1.54) is 12.1 Å². The highest BCUT2D eigenvalue weighted by Crippen LogP contribution is 2.13. The lowest BCUT2D eigenvalue weighted by atomic mass is 10.1. The van der Waals surface area contributed by atoms with Crippen molar-refractivity contribution in [1.29, 1.82) is 0 Å². The van der Waals surface area contributed by atoms with Crippen molar-refractivity contribution in [2.75, 3.05) is 0 Å². The summed E-state index contributed by atoms with van der Waals surface area (Å²) in [5.74, 6) is -1.86. The van der Waals surface area contributed by atoms with Gasteiger partial charge in [-0.05, 0) is 12.1 Å². The minimum atomic E-state index is -1.67. The highest BCUT2D eigenvalue weighted by Gasteiger charge is 2.18. The normalized spacial score (nSPS) is 12.1. The van der Waals surface area contributed by atoms with E-state index < -0.39 is 24.3 Å². The summed E-state index contributed by atoms with van der Waals surface area (Å²) in [6.45, 7) is 0. The van der Waals surface area contributed by atoms with E-state index in [1.807, 2.05) is 0 Å². The quantitative estimate of drug-likeness (QED) is 0.763. The second-order valence-electron chi connectivity index (χ2n) is 2.99. The molecule has 0 aliphatic carbocycles. The standard InChI is InChI=1S/C10H9ClO4/c11-7-3-1-2-6(4-7)8(12)5-9(13)10(14)15/h1-4,9,13H,5H2,(H,14,15)/t9-/m0/s1. The number of carbonyl (C=O) groups is 2. The number of aliphatic carboxylic acids is 1. The number of hydrogen-bond donors (Lipinski definition) is 2. The molecule has 0 spiro atoms.